The Morgan fingerprint density at radius 1 is 0.632 bits per heavy atom. The molecule has 0 bridgehead atoms. The number of hydrogen-bond donors (Lipinski definition) is 2. The van der Waals surface area contributed by atoms with Gasteiger partial charge in [-0.2, -0.15) is 0 Å². The van der Waals surface area contributed by atoms with Gasteiger partial charge in [0.15, 0.2) is 0 Å². The summed E-state index contributed by atoms with van der Waals surface area (Å²) in [7, 11) is 0. The second-order valence-electron chi connectivity index (χ2n) is 5.60. The molecular weight excluding hydrogens is 288 g/mol. The second kappa shape index (κ2) is 5.71. The van der Waals surface area contributed by atoms with Crippen LogP contribution < -0.4 is 0 Å². The molecule has 4 unspecified atom stereocenters. The minimum Gasteiger partial charge on any atom is -0.372 e. The lowest BCUT2D eigenvalue weighted by molar-refractivity contribution is 0.416. The molecule has 0 radical (unpaired) electrons. The fraction of sp³-hybridized carbons (Fsp3) is 1.00. The first-order chi connectivity index (χ1) is 9.35. The van der Waals surface area contributed by atoms with Gasteiger partial charge in [0.25, 0.3) is 0 Å². The lowest BCUT2D eigenvalue weighted by atomic mass is 10.6. The van der Waals surface area contributed by atoms with Crippen molar-refractivity contribution in [2.75, 3.05) is 49.4 Å². The fourth-order valence-electron chi connectivity index (χ4n) is 2.05. The van der Waals surface area contributed by atoms with Gasteiger partial charge in [-0.15, -0.1) is 22.4 Å². The van der Waals surface area contributed by atoms with Crippen LogP contribution in [0.4, 0.5) is 0 Å². The summed E-state index contributed by atoms with van der Waals surface area (Å²) in [5, 5.41) is 0. The first kappa shape index (κ1) is 13.2. The molecule has 4 aliphatic heterocycles. The van der Waals surface area contributed by atoms with Crippen molar-refractivity contribution in [1.29, 1.82) is 0 Å². The molecule has 4 fully saturated rings. The van der Waals surface area contributed by atoms with E-state index in [1.165, 1.54) is 0 Å². The van der Waals surface area contributed by atoms with Crippen LogP contribution in [0.2, 0.25) is 0 Å². The molecule has 4 heterocycles. The van der Waals surface area contributed by atoms with E-state index in [2.05, 4.69) is 0 Å². The highest BCUT2D eigenvalue weighted by atomic mass is 32.3. The van der Waals surface area contributed by atoms with E-state index in [4.69, 9.17) is 22.6 Å². The maximum atomic E-state index is 6.46. The molecule has 4 rings (SSSR count). The molecule has 0 saturated carbocycles. The molecule has 0 aromatic carbocycles. The summed E-state index contributed by atoms with van der Waals surface area (Å²) in [6.07, 6.45) is 1.82. The molecule has 19 heavy (non-hydrogen) atoms. The zero-order chi connectivity index (χ0) is 12.7. The van der Waals surface area contributed by atoms with Gasteiger partial charge < -0.3 is 18.9 Å². The van der Waals surface area contributed by atoms with Gasteiger partial charge in [0.05, 0.1) is 50.8 Å². The van der Waals surface area contributed by atoms with E-state index in [0.717, 1.165) is 49.4 Å². The van der Waals surface area contributed by atoms with Crippen LogP contribution in [0.5, 0.6) is 0 Å². The Bertz CT molecular complexity index is 257. The van der Waals surface area contributed by atoms with E-state index in [1.54, 1.807) is 0 Å². The van der Waals surface area contributed by atoms with Crippen LogP contribution in [-0.4, -0.2) is 73.9 Å². The summed E-state index contributed by atoms with van der Waals surface area (Å²) in [4.78, 5) is 0. The van der Waals surface area contributed by atoms with E-state index in [1.807, 2.05) is 0 Å². The van der Waals surface area contributed by atoms with Gasteiger partial charge >= 0.3 is 0 Å². The summed E-state index contributed by atoms with van der Waals surface area (Å²) >= 11 is -0.784. The second-order valence-corrected chi connectivity index (χ2v) is 9.64. The highest BCUT2D eigenvalue weighted by Gasteiger charge is 2.35. The van der Waals surface area contributed by atoms with Crippen molar-refractivity contribution in [3.05, 3.63) is 0 Å². The Balaban J connectivity index is 1.29. The van der Waals surface area contributed by atoms with Crippen LogP contribution in [0, 0.1) is 0 Å². The molecule has 4 aliphatic rings. The normalized spacial score (nSPS) is 43.6. The first-order valence-electron chi connectivity index (χ1n) is 6.99. The van der Waals surface area contributed by atoms with Crippen LogP contribution in [0.3, 0.4) is 0 Å². The van der Waals surface area contributed by atoms with E-state index >= 15 is 0 Å². The van der Waals surface area contributed by atoms with E-state index in [9.17, 15) is 0 Å². The zero-order valence-electron chi connectivity index (χ0n) is 10.9. The predicted octanol–water partition coefficient (Wildman–Crippen LogP) is 0.431. The highest BCUT2D eigenvalue weighted by molar-refractivity contribution is 8.25. The monoisotopic (exact) mass is 310 g/mol. The Morgan fingerprint density at radius 2 is 0.895 bits per heavy atom. The molecule has 0 aromatic heterocycles. The third kappa shape index (κ3) is 4.77. The van der Waals surface area contributed by atoms with Crippen molar-refractivity contribution in [3.8, 4) is 0 Å². The molecule has 0 aliphatic carbocycles. The smallest absolute Gasteiger partial charge is 0.0903 e. The molecule has 7 heteroatoms. The molecule has 0 spiro atoms. The van der Waals surface area contributed by atoms with Crippen LogP contribution in [0.1, 0.15) is 0 Å². The van der Waals surface area contributed by atoms with Gasteiger partial charge in [-0.1, -0.05) is 0 Å². The van der Waals surface area contributed by atoms with Gasteiger partial charge in [0, 0.05) is 23.0 Å². The topological polar surface area (TPSA) is 59.4 Å². The van der Waals surface area contributed by atoms with Crippen LogP contribution in [0.15, 0.2) is 0 Å². The standard InChI is InChI=1S/C12H22O5S2/c1-9(13-1)5-18(6-10-2-14-10)17-19(7-11-3-15-11)8-12-4-16-12/h9-12,18-19H,1-8H2. The third-order valence-electron chi connectivity index (χ3n) is 3.47. The molecular formula is C12H22O5S2. The number of epoxide rings is 4. The van der Waals surface area contributed by atoms with Crippen molar-refractivity contribution >= 4 is 22.4 Å². The largest absolute Gasteiger partial charge is 0.372 e. The summed E-state index contributed by atoms with van der Waals surface area (Å²) in [6.45, 7) is 3.68. The summed E-state index contributed by atoms with van der Waals surface area (Å²) in [5.74, 6) is 4.35. The molecule has 4 saturated heterocycles. The predicted molar refractivity (Wildman–Crippen MR) is 77.5 cm³/mol. The number of rotatable bonds is 10. The summed E-state index contributed by atoms with van der Waals surface area (Å²) < 4.78 is 27.9. The van der Waals surface area contributed by atoms with Crippen LogP contribution >= 0.6 is 22.4 Å². The lowest BCUT2D eigenvalue weighted by Crippen LogP contribution is -2.12. The lowest BCUT2D eigenvalue weighted by Gasteiger charge is -2.29. The maximum absolute atomic E-state index is 6.46. The minimum absolute atomic E-state index is 0.392. The Labute approximate surface area is 119 Å². The molecule has 4 atom stereocenters. The Kier molecular flexibility index (Phi) is 3.96. The fourth-order valence-corrected chi connectivity index (χ4v) is 7.38. The molecule has 0 N–H and O–H groups in total. The summed E-state index contributed by atoms with van der Waals surface area (Å²) in [5.41, 5.74) is 0. The van der Waals surface area contributed by atoms with Crippen molar-refractivity contribution in [2.45, 2.75) is 24.4 Å². The summed E-state index contributed by atoms with van der Waals surface area (Å²) in [6, 6.07) is 0. The van der Waals surface area contributed by atoms with Gasteiger partial charge in [-0.05, 0) is 0 Å². The van der Waals surface area contributed by atoms with Crippen molar-refractivity contribution in [2.24, 2.45) is 0 Å². The number of ether oxygens (including phenoxy) is 4. The van der Waals surface area contributed by atoms with Crippen molar-refractivity contribution in [1.82, 2.24) is 0 Å². The molecule has 112 valence electrons. The highest BCUT2D eigenvalue weighted by Crippen LogP contribution is 2.47. The average Bonchev–Trinajstić information content (AvgIpc) is 3.17. The van der Waals surface area contributed by atoms with Crippen molar-refractivity contribution in [3.63, 3.8) is 0 Å². The third-order valence-corrected chi connectivity index (χ3v) is 8.58. The van der Waals surface area contributed by atoms with Crippen LogP contribution in [-0.2, 0) is 22.6 Å². The van der Waals surface area contributed by atoms with Crippen LogP contribution in [0.25, 0.3) is 0 Å². The first-order valence-corrected chi connectivity index (χ1v) is 10.3. The van der Waals surface area contributed by atoms with Gasteiger partial charge in [-0.3, -0.25) is 3.63 Å². The van der Waals surface area contributed by atoms with Gasteiger partial charge in [0.1, 0.15) is 0 Å². The zero-order valence-corrected chi connectivity index (χ0v) is 12.7. The molecule has 5 nitrogen and oxygen atoms in total. The maximum Gasteiger partial charge on any atom is 0.0903 e. The van der Waals surface area contributed by atoms with Crippen molar-refractivity contribution < 1.29 is 22.6 Å². The van der Waals surface area contributed by atoms with Gasteiger partial charge in [0.2, 0.25) is 0 Å². The van der Waals surface area contributed by atoms with E-state index in [0.29, 0.717) is 24.4 Å². The minimum atomic E-state index is -0.392. The average molecular weight is 310 g/mol. The SMILES string of the molecule is C1OC1C[SH](CC1CO1)O[SH](CC1CO1)CC1CO1. The van der Waals surface area contributed by atoms with Gasteiger partial charge in [-0.25, -0.2) is 0 Å². The van der Waals surface area contributed by atoms with E-state index < -0.39 is 22.4 Å². The molecule has 0 amide bonds. The molecule has 0 aromatic rings. The Morgan fingerprint density at radius 3 is 1.11 bits per heavy atom. The Hall–Kier alpha value is 0.500. The van der Waals surface area contributed by atoms with E-state index in [-0.39, 0.29) is 0 Å². The quantitative estimate of drug-likeness (QED) is 0.453. The number of thiol groups is 2. The number of hydrogen-bond acceptors (Lipinski definition) is 5.